The van der Waals surface area contributed by atoms with Crippen LogP contribution in [-0.4, -0.2) is 36.8 Å². The molecular weight excluding hydrogens is 408 g/mol. The van der Waals surface area contributed by atoms with Crippen molar-refractivity contribution in [2.75, 3.05) is 18.5 Å². The van der Waals surface area contributed by atoms with Crippen LogP contribution in [0.25, 0.3) is 0 Å². The van der Waals surface area contributed by atoms with Gasteiger partial charge >= 0.3 is 5.97 Å². The summed E-state index contributed by atoms with van der Waals surface area (Å²) >= 11 is 1.33. The van der Waals surface area contributed by atoms with Crippen LogP contribution in [0.3, 0.4) is 0 Å². The zero-order valence-electron chi connectivity index (χ0n) is 16.5. The van der Waals surface area contributed by atoms with Crippen LogP contribution >= 0.6 is 11.3 Å². The number of primary amides is 1. The molecule has 0 unspecified atom stereocenters. The summed E-state index contributed by atoms with van der Waals surface area (Å²) in [4.78, 5) is 48.3. The third-order valence-electron chi connectivity index (χ3n) is 4.64. The number of aryl methyl sites for hydroxylation is 1. The first-order chi connectivity index (χ1) is 14.4. The highest BCUT2D eigenvalue weighted by Crippen LogP contribution is 2.38. The molecule has 1 aromatic heterocycles. The number of hydrogen-bond donors (Lipinski definition) is 2. The highest BCUT2D eigenvalue weighted by atomic mass is 32.1. The topological polar surface area (TPSA) is 125 Å². The highest BCUT2D eigenvalue weighted by molar-refractivity contribution is 7.17. The van der Waals surface area contributed by atoms with Gasteiger partial charge in [-0.3, -0.25) is 14.4 Å². The molecule has 0 aliphatic heterocycles. The molecule has 3 N–H and O–H groups in total. The van der Waals surface area contributed by atoms with E-state index in [4.69, 9.17) is 15.2 Å². The summed E-state index contributed by atoms with van der Waals surface area (Å²) < 4.78 is 10.2. The molecule has 1 aromatic carbocycles. The van der Waals surface area contributed by atoms with Crippen molar-refractivity contribution >= 4 is 39.9 Å². The number of carbonyl (C=O) groups excluding carboxylic acids is 4. The predicted octanol–water partition coefficient (Wildman–Crippen LogP) is 2.49. The summed E-state index contributed by atoms with van der Waals surface area (Å²) in [5.74, 6) is -1.44. The molecule has 30 heavy (non-hydrogen) atoms. The molecular formula is C21H22N2O6S. The molecule has 2 amide bonds. The van der Waals surface area contributed by atoms with E-state index >= 15 is 0 Å². The molecule has 1 aliphatic rings. The fraction of sp³-hybridized carbons (Fsp3) is 0.333. The number of esters is 1. The van der Waals surface area contributed by atoms with Crippen LogP contribution in [0.15, 0.2) is 24.3 Å². The summed E-state index contributed by atoms with van der Waals surface area (Å²) in [5, 5.41) is 3.00. The number of nitrogens with two attached hydrogens (primary N) is 1. The van der Waals surface area contributed by atoms with Crippen molar-refractivity contribution in [3.05, 3.63) is 45.8 Å². The van der Waals surface area contributed by atoms with Crippen molar-refractivity contribution in [3.63, 3.8) is 0 Å². The lowest BCUT2D eigenvalue weighted by atomic mass is 10.1. The lowest BCUT2D eigenvalue weighted by molar-refractivity contribution is -0.149. The van der Waals surface area contributed by atoms with E-state index in [0.717, 1.165) is 29.7 Å². The monoisotopic (exact) mass is 430 g/mol. The maximum Gasteiger partial charge on any atom is 0.344 e. The van der Waals surface area contributed by atoms with E-state index in [-0.39, 0.29) is 12.4 Å². The minimum Gasteiger partial charge on any atom is -0.482 e. The Bertz CT molecular complexity index is 980. The molecule has 1 heterocycles. The normalized spacial score (nSPS) is 12.2. The van der Waals surface area contributed by atoms with E-state index < -0.39 is 24.4 Å². The van der Waals surface area contributed by atoms with E-state index in [1.807, 2.05) is 0 Å². The van der Waals surface area contributed by atoms with Crippen molar-refractivity contribution < 1.29 is 28.7 Å². The Morgan fingerprint density at radius 3 is 2.50 bits per heavy atom. The summed E-state index contributed by atoms with van der Waals surface area (Å²) in [6.45, 7) is 0.889. The number of amides is 2. The third-order valence-corrected chi connectivity index (χ3v) is 5.85. The van der Waals surface area contributed by atoms with Crippen molar-refractivity contribution in [1.29, 1.82) is 0 Å². The van der Waals surface area contributed by atoms with E-state index in [1.165, 1.54) is 11.3 Å². The number of thiophene rings is 1. The first-order valence-corrected chi connectivity index (χ1v) is 10.4. The molecule has 8 nitrogen and oxygen atoms in total. The summed E-state index contributed by atoms with van der Waals surface area (Å²) in [6.07, 6.45) is 2.99. The lowest BCUT2D eigenvalue weighted by Crippen LogP contribution is -2.24. The van der Waals surface area contributed by atoms with Crippen LogP contribution in [0.2, 0.25) is 0 Å². The van der Waals surface area contributed by atoms with Gasteiger partial charge in [-0.15, -0.1) is 11.3 Å². The Morgan fingerprint density at radius 1 is 1.10 bits per heavy atom. The maximum absolute atomic E-state index is 12.1. The van der Waals surface area contributed by atoms with Gasteiger partial charge in [-0.25, -0.2) is 4.79 Å². The van der Waals surface area contributed by atoms with Gasteiger partial charge in [0, 0.05) is 16.9 Å². The molecule has 0 spiro atoms. The van der Waals surface area contributed by atoms with Gasteiger partial charge in [-0.2, -0.15) is 0 Å². The molecule has 9 heteroatoms. The van der Waals surface area contributed by atoms with Crippen LogP contribution in [-0.2, 0) is 27.2 Å². The molecule has 0 saturated heterocycles. The summed E-state index contributed by atoms with van der Waals surface area (Å²) in [6, 6.07) is 6.41. The van der Waals surface area contributed by atoms with Gasteiger partial charge in [0.2, 0.25) is 0 Å². The molecule has 0 fully saturated rings. The average Bonchev–Trinajstić information content (AvgIpc) is 3.31. The lowest BCUT2D eigenvalue weighted by Gasteiger charge is -2.08. The second kappa shape index (κ2) is 9.53. The Balaban J connectivity index is 1.47. The van der Waals surface area contributed by atoms with Crippen LogP contribution in [0, 0.1) is 0 Å². The number of benzene rings is 1. The smallest absolute Gasteiger partial charge is 0.344 e. The largest absolute Gasteiger partial charge is 0.482 e. The predicted molar refractivity (Wildman–Crippen MR) is 111 cm³/mol. The second-order valence-electron chi connectivity index (χ2n) is 6.72. The summed E-state index contributed by atoms with van der Waals surface area (Å²) in [5.41, 5.74) is 7.27. The fourth-order valence-corrected chi connectivity index (χ4v) is 4.50. The van der Waals surface area contributed by atoms with Crippen LogP contribution < -0.4 is 15.8 Å². The quantitative estimate of drug-likeness (QED) is 0.465. The Kier molecular flexibility index (Phi) is 6.83. The molecule has 0 atom stereocenters. The first kappa shape index (κ1) is 21.5. The molecule has 0 bridgehead atoms. The second-order valence-corrected chi connectivity index (χ2v) is 7.83. The number of carbonyl (C=O) groups is 4. The number of nitrogens with one attached hydrogen (secondary N) is 1. The van der Waals surface area contributed by atoms with Crippen molar-refractivity contribution in [2.45, 2.75) is 32.6 Å². The fourth-order valence-electron chi connectivity index (χ4n) is 3.19. The molecule has 3 rings (SSSR count). The van der Waals surface area contributed by atoms with E-state index in [0.29, 0.717) is 28.3 Å². The zero-order chi connectivity index (χ0) is 21.7. The molecule has 0 radical (unpaired) electrons. The zero-order valence-corrected chi connectivity index (χ0v) is 17.3. The Labute approximate surface area is 177 Å². The number of hydrogen-bond acceptors (Lipinski definition) is 7. The van der Waals surface area contributed by atoms with E-state index in [1.54, 1.807) is 31.2 Å². The SMILES string of the molecule is CCC(=O)c1ccc(OCC(=O)OCC(=O)Nc2sc3c(c2C(N)=O)CCC3)cc1. The number of ketones is 1. The standard InChI is InChI=1S/C21H22N2O6S/c1-2-15(24)12-6-8-13(9-7-12)28-11-18(26)29-10-17(25)23-21-19(20(22)27)14-4-3-5-16(14)30-21/h6-9H,2-5,10-11H2,1H3,(H2,22,27)(H,23,25). The third kappa shape index (κ3) is 5.04. The molecule has 2 aromatic rings. The number of ether oxygens (including phenoxy) is 2. The van der Waals surface area contributed by atoms with Crippen LogP contribution in [0.1, 0.15) is 50.9 Å². The number of fused-ring (bicyclic) bond motifs is 1. The van der Waals surface area contributed by atoms with Gasteiger partial charge in [0.25, 0.3) is 11.8 Å². The van der Waals surface area contributed by atoms with Gasteiger partial charge in [0.05, 0.1) is 5.56 Å². The Morgan fingerprint density at radius 2 is 1.83 bits per heavy atom. The van der Waals surface area contributed by atoms with Crippen molar-refractivity contribution in [1.82, 2.24) is 0 Å². The van der Waals surface area contributed by atoms with Crippen molar-refractivity contribution in [3.8, 4) is 5.75 Å². The minimum absolute atomic E-state index is 0.0161. The molecule has 1 aliphatic carbocycles. The van der Waals surface area contributed by atoms with Crippen LogP contribution in [0.5, 0.6) is 5.75 Å². The van der Waals surface area contributed by atoms with Gasteiger partial charge in [-0.05, 0) is 49.1 Å². The number of anilines is 1. The summed E-state index contributed by atoms with van der Waals surface area (Å²) in [7, 11) is 0. The van der Waals surface area contributed by atoms with Gasteiger partial charge < -0.3 is 20.5 Å². The van der Waals surface area contributed by atoms with E-state index in [9.17, 15) is 19.2 Å². The van der Waals surface area contributed by atoms with Crippen LogP contribution in [0.4, 0.5) is 5.00 Å². The minimum atomic E-state index is -0.720. The molecule has 0 saturated carbocycles. The maximum atomic E-state index is 12.1. The van der Waals surface area contributed by atoms with Crippen molar-refractivity contribution in [2.24, 2.45) is 5.73 Å². The van der Waals surface area contributed by atoms with E-state index in [2.05, 4.69) is 5.32 Å². The average molecular weight is 430 g/mol. The number of Topliss-reactive ketones (excluding diaryl/α,β-unsaturated/α-hetero) is 1. The first-order valence-electron chi connectivity index (χ1n) is 9.55. The number of rotatable bonds is 9. The van der Waals surface area contributed by atoms with Gasteiger partial charge in [-0.1, -0.05) is 6.92 Å². The Hall–Kier alpha value is -3.20. The van der Waals surface area contributed by atoms with Gasteiger partial charge in [0.1, 0.15) is 10.8 Å². The van der Waals surface area contributed by atoms with Gasteiger partial charge in [0.15, 0.2) is 19.0 Å². The highest BCUT2D eigenvalue weighted by Gasteiger charge is 2.26. The molecule has 158 valence electrons.